The van der Waals surface area contributed by atoms with E-state index in [1.807, 2.05) is 12.1 Å². The van der Waals surface area contributed by atoms with Gasteiger partial charge >= 0.3 is 5.97 Å². The van der Waals surface area contributed by atoms with Crippen LogP contribution in [0.4, 0.5) is 0 Å². The highest BCUT2D eigenvalue weighted by molar-refractivity contribution is 6.29. The van der Waals surface area contributed by atoms with Gasteiger partial charge in [0.2, 0.25) is 0 Å². The van der Waals surface area contributed by atoms with Gasteiger partial charge in [-0.2, -0.15) is 0 Å². The average molecular weight is 371 g/mol. The fraction of sp³-hybridized carbons (Fsp3) is 0.348. The molecule has 2 nitrogen and oxygen atoms in total. The molecule has 3 unspecified atom stereocenters. The molecule has 0 spiro atoms. The van der Waals surface area contributed by atoms with Crippen molar-refractivity contribution < 1.29 is 9.53 Å². The van der Waals surface area contributed by atoms with Crippen molar-refractivity contribution in [1.29, 1.82) is 0 Å². The second kappa shape index (κ2) is 10.2. The maximum atomic E-state index is 11.8. The number of methoxy groups -OCH3 is 1. The largest absolute Gasteiger partial charge is 0.468 e. The van der Waals surface area contributed by atoms with Crippen LogP contribution < -0.4 is 0 Å². The molecule has 0 N–H and O–H groups in total. The monoisotopic (exact) mass is 370 g/mol. The summed E-state index contributed by atoms with van der Waals surface area (Å²) in [6.07, 6.45) is 4.30. The number of allylic oxidation sites excluding steroid dienone is 1. The van der Waals surface area contributed by atoms with Gasteiger partial charge in [0, 0.05) is 0 Å². The normalized spacial score (nSPS) is 14.3. The summed E-state index contributed by atoms with van der Waals surface area (Å²) in [6.45, 7) is 5.99. The van der Waals surface area contributed by atoms with Crippen LogP contribution in [0.3, 0.4) is 0 Å². The molecule has 138 valence electrons. The quantitative estimate of drug-likeness (QED) is 0.307. The fourth-order valence-corrected chi connectivity index (χ4v) is 3.62. The Kier molecular flexibility index (Phi) is 7.93. The van der Waals surface area contributed by atoms with Crippen LogP contribution in [0.5, 0.6) is 0 Å². The van der Waals surface area contributed by atoms with E-state index in [4.69, 9.17) is 16.3 Å². The number of esters is 1. The highest BCUT2D eigenvalue weighted by Crippen LogP contribution is 2.36. The summed E-state index contributed by atoms with van der Waals surface area (Å²) in [4.78, 5) is 11.8. The van der Waals surface area contributed by atoms with Crippen molar-refractivity contribution in [3.63, 3.8) is 0 Å². The van der Waals surface area contributed by atoms with Crippen molar-refractivity contribution in [1.82, 2.24) is 0 Å². The van der Waals surface area contributed by atoms with Crippen LogP contribution in [0, 0.1) is 6.92 Å². The summed E-state index contributed by atoms with van der Waals surface area (Å²) < 4.78 is 4.82. The van der Waals surface area contributed by atoms with Crippen LogP contribution in [0.25, 0.3) is 0 Å². The first-order valence-electron chi connectivity index (χ1n) is 8.99. The van der Waals surface area contributed by atoms with Crippen LogP contribution >= 0.6 is 11.6 Å². The molecule has 26 heavy (non-hydrogen) atoms. The van der Waals surface area contributed by atoms with Crippen molar-refractivity contribution in [3.05, 3.63) is 83.9 Å². The number of ether oxygens (including phenoxy) is 1. The molecule has 0 aliphatic heterocycles. The minimum atomic E-state index is -0.647. The first-order chi connectivity index (χ1) is 12.5. The SMILES string of the molecule is C=CCC(CC(CC(Cl)C(=O)OC)c1ccc(C)cc1)c1ccccc1. The number of aryl methyl sites for hydroxylation is 1. The molecule has 2 rings (SSSR count). The molecule has 0 saturated heterocycles. The molecule has 0 amide bonds. The van der Waals surface area contributed by atoms with Gasteiger partial charge < -0.3 is 4.74 Å². The predicted octanol–water partition coefficient (Wildman–Crippen LogP) is 6.00. The first kappa shape index (κ1) is 20.3. The van der Waals surface area contributed by atoms with Crippen molar-refractivity contribution in [2.75, 3.05) is 7.11 Å². The third-order valence-corrected chi connectivity index (χ3v) is 5.14. The van der Waals surface area contributed by atoms with E-state index < -0.39 is 5.38 Å². The smallest absolute Gasteiger partial charge is 0.323 e. The van der Waals surface area contributed by atoms with Gasteiger partial charge in [0.15, 0.2) is 0 Å². The summed E-state index contributed by atoms with van der Waals surface area (Å²) in [5.74, 6) is 0.132. The number of rotatable bonds is 9. The number of hydrogen-bond acceptors (Lipinski definition) is 2. The number of alkyl halides is 1. The molecule has 0 heterocycles. The molecule has 0 aliphatic carbocycles. The van der Waals surface area contributed by atoms with E-state index >= 15 is 0 Å². The van der Waals surface area contributed by atoms with E-state index in [0.29, 0.717) is 12.3 Å². The zero-order valence-electron chi connectivity index (χ0n) is 15.5. The maximum absolute atomic E-state index is 11.8. The minimum absolute atomic E-state index is 0.169. The molecule has 0 bridgehead atoms. The third kappa shape index (κ3) is 5.74. The van der Waals surface area contributed by atoms with Crippen LogP contribution in [0.2, 0.25) is 0 Å². The van der Waals surface area contributed by atoms with Crippen LogP contribution in [-0.4, -0.2) is 18.5 Å². The lowest BCUT2D eigenvalue weighted by molar-refractivity contribution is -0.140. The highest BCUT2D eigenvalue weighted by atomic mass is 35.5. The Morgan fingerprint density at radius 1 is 1.04 bits per heavy atom. The molecular weight excluding hydrogens is 344 g/mol. The lowest BCUT2D eigenvalue weighted by atomic mass is 9.81. The molecule has 3 atom stereocenters. The van der Waals surface area contributed by atoms with Gasteiger partial charge in [-0.25, -0.2) is 0 Å². The van der Waals surface area contributed by atoms with Gasteiger partial charge in [0.05, 0.1) is 7.11 Å². The lowest BCUT2D eigenvalue weighted by Crippen LogP contribution is -2.20. The Labute approximate surface area is 161 Å². The van der Waals surface area contributed by atoms with Gasteiger partial charge in [-0.3, -0.25) is 4.79 Å². The fourth-order valence-electron chi connectivity index (χ4n) is 3.32. The second-order valence-electron chi connectivity index (χ2n) is 6.70. The Morgan fingerprint density at radius 3 is 2.23 bits per heavy atom. The molecule has 3 heteroatoms. The lowest BCUT2D eigenvalue weighted by Gasteiger charge is -2.25. The summed E-state index contributed by atoms with van der Waals surface area (Å²) in [6, 6.07) is 18.9. The summed E-state index contributed by atoms with van der Waals surface area (Å²) >= 11 is 6.32. The number of carbonyl (C=O) groups is 1. The van der Waals surface area contributed by atoms with Gasteiger partial charge in [-0.15, -0.1) is 18.2 Å². The first-order valence-corrected chi connectivity index (χ1v) is 9.43. The summed E-state index contributed by atoms with van der Waals surface area (Å²) in [5.41, 5.74) is 3.71. The molecule has 0 aromatic heterocycles. The Bertz CT molecular complexity index is 694. The Hall–Kier alpha value is -2.06. The maximum Gasteiger partial charge on any atom is 0.323 e. The molecule has 2 aromatic carbocycles. The number of hydrogen-bond donors (Lipinski definition) is 0. The van der Waals surface area contributed by atoms with E-state index in [2.05, 4.69) is 62.0 Å². The molecule has 0 aliphatic rings. The number of halogens is 1. The van der Waals surface area contributed by atoms with E-state index in [9.17, 15) is 4.79 Å². The van der Waals surface area contributed by atoms with Crippen LogP contribution in [-0.2, 0) is 9.53 Å². The molecule has 0 saturated carbocycles. The summed E-state index contributed by atoms with van der Waals surface area (Å²) in [7, 11) is 1.38. The Balaban J connectivity index is 2.27. The molecule has 2 aromatic rings. The minimum Gasteiger partial charge on any atom is -0.468 e. The van der Waals surface area contributed by atoms with E-state index in [1.54, 1.807) is 0 Å². The number of benzene rings is 2. The second-order valence-corrected chi connectivity index (χ2v) is 7.23. The van der Waals surface area contributed by atoms with Crippen LogP contribution in [0.1, 0.15) is 47.8 Å². The molecule has 0 radical (unpaired) electrons. The summed E-state index contributed by atoms with van der Waals surface area (Å²) in [5, 5.41) is -0.647. The Morgan fingerprint density at radius 2 is 1.65 bits per heavy atom. The van der Waals surface area contributed by atoms with Crippen molar-refractivity contribution in [2.45, 2.75) is 43.4 Å². The van der Waals surface area contributed by atoms with Crippen molar-refractivity contribution in [3.8, 4) is 0 Å². The highest BCUT2D eigenvalue weighted by Gasteiger charge is 2.25. The van der Waals surface area contributed by atoms with Crippen LogP contribution in [0.15, 0.2) is 67.3 Å². The molecule has 0 fully saturated rings. The van der Waals surface area contributed by atoms with Crippen molar-refractivity contribution in [2.24, 2.45) is 0 Å². The van der Waals surface area contributed by atoms with Gasteiger partial charge in [0.25, 0.3) is 0 Å². The third-order valence-electron chi connectivity index (χ3n) is 4.79. The standard InChI is InChI=1S/C23H27ClO2/c1-4-8-20(18-9-6-5-7-10-18)15-21(16-22(24)23(25)26-3)19-13-11-17(2)12-14-19/h4-7,9-14,20-22H,1,8,15-16H2,2-3H3. The predicted molar refractivity (Wildman–Crippen MR) is 109 cm³/mol. The van der Waals surface area contributed by atoms with Gasteiger partial charge in [0.1, 0.15) is 5.38 Å². The number of carbonyl (C=O) groups excluding carboxylic acids is 1. The van der Waals surface area contributed by atoms with Gasteiger partial charge in [-0.05, 0) is 49.1 Å². The zero-order chi connectivity index (χ0) is 18.9. The van der Waals surface area contributed by atoms with Gasteiger partial charge in [-0.1, -0.05) is 66.2 Å². The van der Waals surface area contributed by atoms with Crippen molar-refractivity contribution >= 4 is 17.6 Å². The van der Waals surface area contributed by atoms with E-state index in [1.165, 1.54) is 23.8 Å². The van der Waals surface area contributed by atoms with E-state index in [0.717, 1.165) is 12.8 Å². The topological polar surface area (TPSA) is 26.3 Å². The van der Waals surface area contributed by atoms with E-state index in [-0.39, 0.29) is 11.9 Å². The molecular formula is C23H27ClO2. The average Bonchev–Trinajstić information content (AvgIpc) is 2.67. The zero-order valence-corrected chi connectivity index (χ0v) is 16.3.